The molecule has 0 spiro atoms. The lowest BCUT2D eigenvalue weighted by atomic mass is 10.0. The molecule has 2 N–H and O–H groups in total. The fourth-order valence-corrected chi connectivity index (χ4v) is 3.40. The molecule has 116 valence electrons. The summed E-state index contributed by atoms with van der Waals surface area (Å²) < 4.78 is 10.8. The van der Waals surface area contributed by atoms with Crippen molar-refractivity contribution in [3.63, 3.8) is 0 Å². The van der Waals surface area contributed by atoms with Crippen molar-refractivity contribution in [1.82, 2.24) is 9.80 Å². The number of likely N-dealkylation sites (tertiary alicyclic amines) is 1. The van der Waals surface area contributed by atoms with Gasteiger partial charge in [0.25, 0.3) is 0 Å². The quantitative estimate of drug-likeness (QED) is 0.886. The van der Waals surface area contributed by atoms with Crippen molar-refractivity contribution < 1.29 is 9.47 Å². The Kier molecular flexibility index (Phi) is 4.33. The van der Waals surface area contributed by atoms with Crippen molar-refractivity contribution in [3.05, 3.63) is 23.8 Å². The van der Waals surface area contributed by atoms with Crippen molar-refractivity contribution in [2.75, 3.05) is 47.1 Å². The van der Waals surface area contributed by atoms with Crippen LogP contribution >= 0.6 is 0 Å². The van der Waals surface area contributed by atoms with Crippen LogP contribution < -0.4 is 15.2 Å². The third-order valence-electron chi connectivity index (χ3n) is 4.57. The number of hydrogen-bond acceptors (Lipinski definition) is 5. The molecule has 0 amide bonds. The molecular formula is C16H25N3O2. The van der Waals surface area contributed by atoms with E-state index in [1.54, 1.807) is 0 Å². The van der Waals surface area contributed by atoms with Gasteiger partial charge in [-0.05, 0) is 50.7 Å². The third kappa shape index (κ3) is 3.15. The third-order valence-corrected chi connectivity index (χ3v) is 4.57. The van der Waals surface area contributed by atoms with Crippen molar-refractivity contribution in [1.29, 1.82) is 0 Å². The van der Waals surface area contributed by atoms with E-state index in [0.717, 1.165) is 24.0 Å². The molecule has 0 radical (unpaired) electrons. The molecule has 2 atom stereocenters. The average Bonchev–Trinajstić information content (AvgIpc) is 3.08. The van der Waals surface area contributed by atoms with Gasteiger partial charge in [0.15, 0.2) is 11.5 Å². The lowest BCUT2D eigenvalue weighted by molar-refractivity contribution is 0.173. The number of benzene rings is 1. The van der Waals surface area contributed by atoms with E-state index in [-0.39, 0.29) is 6.04 Å². The number of fused-ring (bicyclic) bond motifs is 1. The molecule has 5 nitrogen and oxygen atoms in total. The molecule has 3 rings (SSSR count). The van der Waals surface area contributed by atoms with Crippen LogP contribution in [0.25, 0.3) is 0 Å². The summed E-state index contributed by atoms with van der Waals surface area (Å²) in [5, 5.41) is 0. The Morgan fingerprint density at radius 1 is 1.38 bits per heavy atom. The van der Waals surface area contributed by atoms with Gasteiger partial charge in [0.2, 0.25) is 6.79 Å². The van der Waals surface area contributed by atoms with Crippen LogP contribution in [0, 0.1) is 5.92 Å². The molecular weight excluding hydrogens is 266 g/mol. The van der Waals surface area contributed by atoms with Crippen LogP contribution in [0.2, 0.25) is 0 Å². The molecule has 2 unspecified atom stereocenters. The Labute approximate surface area is 126 Å². The first-order valence-corrected chi connectivity index (χ1v) is 7.65. The monoisotopic (exact) mass is 291 g/mol. The molecule has 1 aromatic rings. The average molecular weight is 291 g/mol. The molecule has 0 aliphatic carbocycles. The highest BCUT2D eigenvalue weighted by Crippen LogP contribution is 2.35. The van der Waals surface area contributed by atoms with E-state index < -0.39 is 0 Å². The van der Waals surface area contributed by atoms with Gasteiger partial charge in [0.1, 0.15) is 0 Å². The zero-order valence-electron chi connectivity index (χ0n) is 12.9. The molecule has 1 fully saturated rings. The van der Waals surface area contributed by atoms with E-state index >= 15 is 0 Å². The van der Waals surface area contributed by atoms with Crippen LogP contribution in [0.1, 0.15) is 18.0 Å². The molecule has 0 bridgehead atoms. The van der Waals surface area contributed by atoms with Crippen molar-refractivity contribution in [2.45, 2.75) is 12.5 Å². The van der Waals surface area contributed by atoms with E-state index in [4.69, 9.17) is 15.2 Å². The maximum atomic E-state index is 6.03. The van der Waals surface area contributed by atoms with Crippen molar-refractivity contribution in [3.8, 4) is 11.5 Å². The van der Waals surface area contributed by atoms with E-state index in [1.165, 1.54) is 25.1 Å². The Morgan fingerprint density at radius 2 is 2.19 bits per heavy atom. The Morgan fingerprint density at radius 3 is 2.90 bits per heavy atom. The van der Waals surface area contributed by atoms with Crippen LogP contribution in [0.3, 0.4) is 0 Å². The van der Waals surface area contributed by atoms with Crippen LogP contribution in [-0.2, 0) is 0 Å². The normalized spacial score (nSPS) is 23.0. The summed E-state index contributed by atoms with van der Waals surface area (Å²) in [7, 11) is 4.36. The lowest BCUT2D eigenvalue weighted by Gasteiger charge is -2.29. The maximum Gasteiger partial charge on any atom is 0.231 e. The summed E-state index contributed by atoms with van der Waals surface area (Å²) in [6.07, 6.45) is 1.28. The summed E-state index contributed by atoms with van der Waals surface area (Å²) >= 11 is 0. The van der Waals surface area contributed by atoms with Gasteiger partial charge >= 0.3 is 0 Å². The standard InChI is InChI=1S/C16H25N3O2/c1-18-6-5-12(9-18)10-19(2)14(8-17)13-3-4-15-16(7-13)21-11-20-15/h3-4,7,12,14H,5-6,8-11,17H2,1-2H3. The second-order valence-electron chi connectivity index (χ2n) is 6.22. The van der Waals surface area contributed by atoms with Crippen LogP contribution in [0.4, 0.5) is 0 Å². The minimum absolute atomic E-state index is 0.227. The van der Waals surface area contributed by atoms with E-state index in [9.17, 15) is 0 Å². The molecule has 0 aromatic heterocycles. The predicted octanol–water partition coefficient (Wildman–Crippen LogP) is 1.30. The van der Waals surface area contributed by atoms with Gasteiger partial charge in [0.05, 0.1) is 0 Å². The number of rotatable bonds is 5. The van der Waals surface area contributed by atoms with Gasteiger partial charge in [-0.15, -0.1) is 0 Å². The SMILES string of the molecule is CN1CCC(CN(C)C(CN)c2ccc3c(c2)OCO3)C1. The molecule has 0 saturated carbocycles. The van der Waals surface area contributed by atoms with Gasteiger partial charge in [-0.1, -0.05) is 6.07 Å². The maximum absolute atomic E-state index is 6.03. The summed E-state index contributed by atoms with van der Waals surface area (Å²) in [6.45, 7) is 4.40. The fraction of sp³-hybridized carbons (Fsp3) is 0.625. The fourth-order valence-electron chi connectivity index (χ4n) is 3.40. The van der Waals surface area contributed by atoms with Gasteiger partial charge in [-0.3, -0.25) is 4.90 Å². The molecule has 1 saturated heterocycles. The van der Waals surface area contributed by atoms with Crippen LogP contribution in [0.15, 0.2) is 18.2 Å². The Hall–Kier alpha value is -1.30. The summed E-state index contributed by atoms with van der Waals surface area (Å²) in [4.78, 5) is 4.78. The largest absolute Gasteiger partial charge is 0.454 e. The predicted molar refractivity (Wildman–Crippen MR) is 82.6 cm³/mol. The Bertz CT molecular complexity index is 494. The van der Waals surface area contributed by atoms with Crippen LogP contribution in [-0.4, -0.2) is 56.9 Å². The molecule has 2 heterocycles. The number of ether oxygens (including phenoxy) is 2. The number of nitrogens with zero attached hydrogens (tertiary/aromatic N) is 2. The number of likely N-dealkylation sites (N-methyl/N-ethyl adjacent to an activating group) is 1. The molecule has 2 aliphatic heterocycles. The summed E-state index contributed by atoms with van der Waals surface area (Å²) in [5.41, 5.74) is 7.23. The molecule has 21 heavy (non-hydrogen) atoms. The molecule has 1 aromatic carbocycles. The minimum Gasteiger partial charge on any atom is -0.454 e. The first-order chi connectivity index (χ1) is 10.2. The number of hydrogen-bond donors (Lipinski definition) is 1. The summed E-state index contributed by atoms with van der Waals surface area (Å²) in [6, 6.07) is 6.38. The van der Waals surface area contributed by atoms with Gasteiger partial charge in [-0.2, -0.15) is 0 Å². The zero-order valence-corrected chi connectivity index (χ0v) is 12.9. The highest BCUT2D eigenvalue weighted by molar-refractivity contribution is 5.45. The molecule has 2 aliphatic rings. The smallest absolute Gasteiger partial charge is 0.231 e. The summed E-state index contributed by atoms with van der Waals surface area (Å²) in [5.74, 6) is 2.40. The van der Waals surface area contributed by atoms with E-state index in [0.29, 0.717) is 13.3 Å². The minimum atomic E-state index is 0.227. The van der Waals surface area contributed by atoms with Crippen molar-refractivity contribution >= 4 is 0 Å². The zero-order chi connectivity index (χ0) is 14.8. The van der Waals surface area contributed by atoms with Crippen LogP contribution in [0.5, 0.6) is 11.5 Å². The van der Waals surface area contributed by atoms with E-state index in [1.807, 2.05) is 6.07 Å². The topological polar surface area (TPSA) is 51.0 Å². The van der Waals surface area contributed by atoms with Gasteiger partial charge in [0, 0.05) is 25.7 Å². The first-order valence-electron chi connectivity index (χ1n) is 7.65. The van der Waals surface area contributed by atoms with Crippen molar-refractivity contribution in [2.24, 2.45) is 11.7 Å². The number of nitrogens with two attached hydrogens (primary N) is 1. The Balaban J connectivity index is 1.69. The van der Waals surface area contributed by atoms with Gasteiger partial charge < -0.3 is 20.1 Å². The second kappa shape index (κ2) is 6.22. The lowest BCUT2D eigenvalue weighted by Crippen LogP contribution is -2.35. The first kappa shape index (κ1) is 14.6. The second-order valence-corrected chi connectivity index (χ2v) is 6.22. The molecule has 5 heteroatoms. The highest BCUT2D eigenvalue weighted by atomic mass is 16.7. The van der Waals surface area contributed by atoms with E-state index in [2.05, 4.69) is 36.0 Å². The van der Waals surface area contributed by atoms with Gasteiger partial charge in [-0.25, -0.2) is 0 Å². The highest BCUT2D eigenvalue weighted by Gasteiger charge is 2.25.